The molecule has 0 rings (SSSR count). The Kier molecular flexibility index (Phi) is 15.5. The van der Waals surface area contributed by atoms with Crippen LogP contribution in [-0.2, 0) is 24.0 Å². The molecule has 12 heteroatoms. The van der Waals surface area contributed by atoms with E-state index in [9.17, 15) is 29.1 Å². The molecule has 202 valence electrons. The first-order valence-electron chi connectivity index (χ1n) is 12.1. The summed E-state index contributed by atoms with van der Waals surface area (Å²) in [7, 11) is 0. The van der Waals surface area contributed by atoms with Gasteiger partial charge in [0.25, 0.3) is 0 Å². The van der Waals surface area contributed by atoms with Crippen LogP contribution < -0.4 is 27.4 Å². The SMILES string of the molecule is CCC(C)C(N)C(=O)NC(CCCCN)C(=O)NC(CC(C)C)C(=O)NC(CCC(=O)O)C(=O)O. The second kappa shape index (κ2) is 16.8. The van der Waals surface area contributed by atoms with Crippen LogP contribution in [-0.4, -0.2) is 70.6 Å². The maximum Gasteiger partial charge on any atom is 0.326 e. The van der Waals surface area contributed by atoms with E-state index in [2.05, 4.69) is 16.0 Å². The fraction of sp³-hybridized carbons (Fsp3) is 0.783. The molecule has 0 aliphatic heterocycles. The highest BCUT2D eigenvalue weighted by Crippen LogP contribution is 2.10. The topological polar surface area (TPSA) is 214 Å². The second-order valence-corrected chi connectivity index (χ2v) is 9.28. The second-order valence-electron chi connectivity index (χ2n) is 9.28. The number of carboxylic acid groups (broad SMARTS) is 2. The highest BCUT2D eigenvalue weighted by Gasteiger charge is 2.31. The zero-order valence-electron chi connectivity index (χ0n) is 21.2. The number of carbonyl (C=O) groups is 5. The molecule has 12 nitrogen and oxygen atoms in total. The van der Waals surface area contributed by atoms with Crippen LogP contribution in [0.5, 0.6) is 0 Å². The molecule has 0 aliphatic carbocycles. The average molecular weight is 502 g/mol. The molecule has 0 saturated carbocycles. The Labute approximate surface area is 206 Å². The van der Waals surface area contributed by atoms with E-state index >= 15 is 0 Å². The van der Waals surface area contributed by atoms with E-state index in [1.807, 2.05) is 27.7 Å². The van der Waals surface area contributed by atoms with Crippen molar-refractivity contribution in [1.82, 2.24) is 16.0 Å². The lowest BCUT2D eigenvalue weighted by molar-refractivity contribution is -0.143. The smallest absolute Gasteiger partial charge is 0.326 e. The molecule has 0 saturated heterocycles. The van der Waals surface area contributed by atoms with Gasteiger partial charge in [-0.15, -0.1) is 0 Å². The average Bonchev–Trinajstić information content (AvgIpc) is 2.78. The lowest BCUT2D eigenvalue weighted by atomic mass is 9.98. The first-order valence-corrected chi connectivity index (χ1v) is 12.1. The summed E-state index contributed by atoms with van der Waals surface area (Å²) in [5, 5.41) is 25.8. The molecule has 0 heterocycles. The number of hydrogen-bond acceptors (Lipinski definition) is 7. The van der Waals surface area contributed by atoms with Gasteiger partial charge < -0.3 is 37.6 Å². The summed E-state index contributed by atoms with van der Waals surface area (Å²) >= 11 is 0. The van der Waals surface area contributed by atoms with Crippen LogP contribution in [0.15, 0.2) is 0 Å². The van der Waals surface area contributed by atoms with Gasteiger partial charge in [-0.25, -0.2) is 4.79 Å². The van der Waals surface area contributed by atoms with E-state index in [-0.39, 0.29) is 31.1 Å². The van der Waals surface area contributed by atoms with Gasteiger partial charge >= 0.3 is 11.9 Å². The van der Waals surface area contributed by atoms with E-state index in [4.69, 9.17) is 16.6 Å². The Morgan fingerprint density at radius 3 is 1.83 bits per heavy atom. The molecule has 5 atom stereocenters. The lowest BCUT2D eigenvalue weighted by Crippen LogP contribution is -2.57. The highest BCUT2D eigenvalue weighted by atomic mass is 16.4. The Morgan fingerprint density at radius 1 is 0.800 bits per heavy atom. The summed E-state index contributed by atoms with van der Waals surface area (Å²) in [6, 6.07) is -4.25. The lowest BCUT2D eigenvalue weighted by Gasteiger charge is -2.27. The van der Waals surface area contributed by atoms with Crippen molar-refractivity contribution in [1.29, 1.82) is 0 Å². The standard InChI is InChI=1S/C23H43N5O7/c1-5-14(4)19(25)22(33)26-15(8-6-7-11-24)20(31)28-17(12-13(2)3)21(32)27-16(23(34)35)9-10-18(29)30/h13-17,19H,5-12,24-25H2,1-4H3,(H,26,33)(H,27,32)(H,28,31)(H,29,30)(H,34,35). The van der Waals surface area contributed by atoms with Crippen molar-refractivity contribution in [2.24, 2.45) is 23.3 Å². The van der Waals surface area contributed by atoms with E-state index in [1.54, 1.807) is 0 Å². The maximum absolute atomic E-state index is 13.1. The molecular weight excluding hydrogens is 458 g/mol. The molecule has 0 aromatic rings. The normalized spacial score (nSPS) is 15.4. The molecule has 9 N–H and O–H groups in total. The van der Waals surface area contributed by atoms with Crippen LogP contribution in [0.2, 0.25) is 0 Å². The third-order valence-corrected chi connectivity index (χ3v) is 5.74. The van der Waals surface area contributed by atoms with Crippen molar-refractivity contribution < 1.29 is 34.2 Å². The Morgan fingerprint density at radius 2 is 1.34 bits per heavy atom. The van der Waals surface area contributed by atoms with E-state index in [1.165, 1.54) is 0 Å². The minimum absolute atomic E-state index is 0.0301. The fourth-order valence-corrected chi connectivity index (χ4v) is 3.31. The number of carboxylic acids is 2. The van der Waals surface area contributed by atoms with Crippen LogP contribution >= 0.6 is 0 Å². The van der Waals surface area contributed by atoms with Crippen molar-refractivity contribution in [3.8, 4) is 0 Å². The minimum Gasteiger partial charge on any atom is -0.481 e. The zero-order valence-corrected chi connectivity index (χ0v) is 21.2. The summed E-state index contributed by atoms with van der Waals surface area (Å²) < 4.78 is 0. The van der Waals surface area contributed by atoms with Gasteiger partial charge in [0, 0.05) is 6.42 Å². The van der Waals surface area contributed by atoms with Gasteiger partial charge in [-0.3, -0.25) is 19.2 Å². The molecule has 0 bridgehead atoms. The Bertz CT molecular complexity index is 716. The predicted octanol–water partition coefficient (Wildman–Crippen LogP) is -0.0613. The maximum atomic E-state index is 13.1. The van der Waals surface area contributed by atoms with Crippen molar-refractivity contribution in [2.75, 3.05) is 6.54 Å². The van der Waals surface area contributed by atoms with Crippen molar-refractivity contribution >= 4 is 29.7 Å². The van der Waals surface area contributed by atoms with Crippen molar-refractivity contribution in [3.63, 3.8) is 0 Å². The van der Waals surface area contributed by atoms with E-state index in [0.29, 0.717) is 25.8 Å². The summed E-state index contributed by atoms with van der Waals surface area (Å²) in [4.78, 5) is 60.8. The van der Waals surface area contributed by atoms with E-state index in [0.717, 1.165) is 0 Å². The van der Waals surface area contributed by atoms with Gasteiger partial charge in [0.05, 0.1) is 6.04 Å². The van der Waals surface area contributed by atoms with Gasteiger partial charge in [-0.05, 0) is 50.5 Å². The highest BCUT2D eigenvalue weighted by molar-refractivity contribution is 5.94. The van der Waals surface area contributed by atoms with Gasteiger partial charge in [0.2, 0.25) is 17.7 Å². The summed E-state index contributed by atoms with van der Waals surface area (Å²) in [5.41, 5.74) is 11.5. The molecule has 3 amide bonds. The quantitative estimate of drug-likeness (QED) is 0.125. The van der Waals surface area contributed by atoms with Crippen molar-refractivity contribution in [2.45, 2.75) is 96.8 Å². The van der Waals surface area contributed by atoms with Gasteiger partial charge in [0.15, 0.2) is 0 Å². The molecule has 5 unspecified atom stereocenters. The van der Waals surface area contributed by atoms with Gasteiger partial charge in [-0.1, -0.05) is 34.1 Å². The van der Waals surface area contributed by atoms with Gasteiger partial charge in [0.1, 0.15) is 18.1 Å². The van der Waals surface area contributed by atoms with Crippen LogP contribution in [0.1, 0.15) is 72.6 Å². The fourth-order valence-electron chi connectivity index (χ4n) is 3.31. The molecular formula is C23H43N5O7. The van der Waals surface area contributed by atoms with Crippen LogP contribution in [0.4, 0.5) is 0 Å². The number of hydrogen-bond donors (Lipinski definition) is 7. The molecule has 0 aliphatic rings. The predicted molar refractivity (Wildman–Crippen MR) is 130 cm³/mol. The third-order valence-electron chi connectivity index (χ3n) is 5.74. The monoisotopic (exact) mass is 501 g/mol. The Balaban J connectivity index is 5.55. The number of nitrogens with two attached hydrogens (primary N) is 2. The number of nitrogens with one attached hydrogen (secondary N) is 3. The van der Waals surface area contributed by atoms with Crippen LogP contribution in [0.25, 0.3) is 0 Å². The van der Waals surface area contributed by atoms with E-state index < -0.39 is 60.2 Å². The number of carbonyl (C=O) groups excluding carboxylic acids is 3. The molecule has 0 aromatic carbocycles. The largest absolute Gasteiger partial charge is 0.481 e. The molecule has 0 spiro atoms. The Hall–Kier alpha value is -2.73. The first kappa shape index (κ1) is 32.3. The molecule has 0 fully saturated rings. The molecule has 0 radical (unpaired) electrons. The minimum atomic E-state index is -1.42. The zero-order chi connectivity index (χ0) is 27.1. The van der Waals surface area contributed by atoms with Gasteiger partial charge in [-0.2, -0.15) is 0 Å². The van der Waals surface area contributed by atoms with Crippen LogP contribution in [0.3, 0.4) is 0 Å². The van der Waals surface area contributed by atoms with Crippen molar-refractivity contribution in [3.05, 3.63) is 0 Å². The number of aliphatic carboxylic acids is 2. The van der Waals surface area contributed by atoms with Crippen LogP contribution in [0, 0.1) is 11.8 Å². The number of unbranched alkanes of at least 4 members (excludes halogenated alkanes) is 1. The number of amides is 3. The molecule has 35 heavy (non-hydrogen) atoms. The first-order chi connectivity index (χ1) is 16.3. The summed E-state index contributed by atoms with van der Waals surface area (Å²) in [6.45, 7) is 7.81. The third kappa shape index (κ3) is 13.1. The summed E-state index contributed by atoms with van der Waals surface area (Å²) in [6.07, 6.45) is 1.63. The summed E-state index contributed by atoms with van der Waals surface area (Å²) in [5.74, 6) is -4.50. The molecule has 0 aromatic heterocycles. The number of rotatable bonds is 18.